The van der Waals surface area contributed by atoms with Gasteiger partial charge in [-0.05, 0) is 31.4 Å². The Hall–Kier alpha value is -1.71. The highest BCUT2D eigenvalue weighted by atomic mass is 16.5. The van der Waals surface area contributed by atoms with Crippen molar-refractivity contribution in [2.45, 2.75) is 33.1 Å². The number of unbranched alkanes of at least 4 members (excludes halogenated alkanes) is 1. The van der Waals surface area contributed by atoms with Crippen molar-refractivity contribution in [1.29, 1.82) is 5.41 Å². The number of nitrogens with two attached hydrogens (primary N) is 1. The number of para-hydroxylation sites is 2. The molecule has 4 nitrogen and oxygen atoms in total. The van der Waals surface area contributed by atoms with Crippen molar-refractivity contribution in [3.8, 4) is 11.5 Å². The summed E-state index contributed by atoms with van der Waals surface area (Å²) in [6.07, 6.45) is 2.83. The molecule has 0 unspecified atom stereocenters. The maximum absolute atomic E-state index is 7.50. The first-order valence-electron chi connectivity index (χ1n) is 6.57. The lowest BCUT2D eigenvalue weighted by atomic mass is 9.86. The van der Waals surface area contributed by atoms with E-state index in [0.717, 1.165) is 30.8 Å². The van der Waals surface area contributed by atoms with Crippen LogP contribution in [0.15, 0.2) is 24.3 Å². The highest BCUT2D eigenvalue weighted by molar-refractivity contribution is 5.82. The molecule has 0 spiro atoms. The Morgan fingerprint density at radius 3 is 2.42 bits per heavy atom. The molecule has 4 heteroatoms. The van der Waals surface area contributed by atoms with Crippen LogP contribution in [0.25, 0.3) is 0 Å². The highest BCUT2D eigenvalue weighted by Crippen LogP contribution is 2.26. The average Bonchev–Trinajstić information content (AvgIpc) is 2.38. The third-order valence-electron chi connectivity index (χ3n) is 3.25. The van der Waals surface area contributed by atoms with E-state index in [4.69, 9.17) is 20.6 Å². The summed E-state index contributed by atoms with van der Waals surface area (Å²) in [4.78, 5) is 0. The summed E-state index contributed by atoms with van der Waals surface area (Å²) >= 11 is 0. The third kappa shape index (κ3) is 4.81. The second-order valence-electron chi connectivity index (χ2n) is 5.25. The molecule has 0 atom stereocenters. The number of rotatable bonds is 8. The smallest absolute Gasteiger partial charge is 0.161 e. The SMILES string of the molecule is COc1ccccc1OCCCCC(C)(C)C(=N)N. The molecule has 0 fully saturated rings. The Labute approximate surface area is 115 Å². The molecule has 0 saturated carbocycles. The van der Waals surface area contributed by atoms with Crippen molar-refractivity contribution in [2.24, 2.45) is 11.1 Å². The lowest BCUT2D eigenvalue weighted by Gasteiger charge is -2.22. The van der Waals surface area contributed by atoms with E-state index in [0.29, 0.717) is 6.61 Å². The molecule has 0 amide bonds. The highest BCUT2D eigenvalue weighted by Gasteiger charge is 2.20. The quantitative estimate of drug-likeness (QED) is 0.430. The lowest BCUT2D eigenvalue weighted by Crippen LogP contribution is -2.30. The van der Waals surface area contributed by atoms with E-state index in [1.54, 1.807) is 7.11 Å². The van der Waals surface area contributed by atoms with Gasteiger partial charge in [-0.1, -0.05) is 26.0 Å². The summed E-state index contributed by atoms with van der Waals surface area (Å²) in [6, 6.07) is 7.63. The third-order valence-corrected chi connectivity index (χ3v) is 3.25. The summed E-state index contributed by atoms with van der Waals surface area (Å²) in [7, 11) is 1.64. The first-order valence-corrected chi connectivity index (χ1v) is 6.57. The van der Waals surface area contributed by atoms with Gasteiger partial charge in [-0.15, -0.1) is 0 Å². The van der Waals surface area contributed by atoms with E-state index >= 15 is 0 Å². The molecule has 0 aliphatic heterocycles. The molecular weight excluding hydrogens is 240 g/mol. The summed E-state index contributed by atoms with van der Waals surface area (Å²) in [5.74, 6) is 1.78. The van der Waals surface area contributed by atoms with Gasteiger partial charge < -0.3 is 15.2 Å². The van der Waals surface area contributed by atoms with Crippen molar-refractivity contribution >= 4 is 5.84 Å². The van der Waals surface area contributed by atoms with Crippen LogP contribution in [0.1, 0.15) is 33.1 Å². The minimum atomic E-state index is -0.218. The average molecular weight is 264 g/mol. The maximum Gasteiger partial charge on any atom is 0.161 e. The Balaban J connectivity index is 2.30. The van der Waals surface area contributed by atoms with Crippen LogP contribution >= 0.6 is 0 Å². The van der Waals surface area contributed by atoms with Gasteiger partial charge in [-0.3, -0.25) is 5.41 Å². The predicted molar refractivity (Wildman–Crippen MR) is 78.0 cm³/mol. The monoisotopic (exact) mass is 264 g/mol. The van der Waals surface area contributed by atoms with Crippen molar-refractivity contribution in [3.63, 3.8) is 0 Å². The van der Waals surface area contributed by atoms with E-state index < -0.39 is 0 Å². The van der Waals surface area contributed by atoms with Crippen LogP contribution in [0.2, 0.25) is 0 Å². The van der Waals surface area contributed by atoms with Gasteiger partial charge in [-0.2, -0.15) is 0 Å². The van der Waals surface area contributed by atoms with Crippen molar-refractivity contribution < 1.29 is 9.47 Å². The maximum atomic E-state index is 7.50. The molecule has 106 valence electrons. The molecule has 19 heavy (non-hydrogen) atoms. The molecule has 0 aromatic heterocycles. The second-order valence-corrected chi connectivity index (χ2v) is 5.25. The van der Waals surface area contributed by atoms with Crippen molar-refractivity contribution in [3.05, 3.63) is 24.3 Å². The fourth-order valence-corrected chi connectivity index (χ4v) is 1.72. The van der Waals surface area contributed by atoms with Gasteiger partial charge >= 0.3 is 0 Å². The van der Waals surface area contributed by atoms with Crippen LogP contribution in [-0.2, 0) is 0 Å². The number of methoxy groups -OCH3 is 1. The van der Waals surface area contributed by atoms with Gasteiger partial charge in [0.15, 0.2) is 11.5 Å². The first-order chi connectivity index (χ1) is 8.97. The minimum absolute atomic E-state index is 0.218. The number of hydrogen-bond donors (Lipinski definition) is 2. The number of hydrogen-bond acceptors (Lipinski definition) is 3. The molecule has 0 aliphatic rings. The van der Waals surface area contributed by atoms with E-state index in [1.165, 1.54) is 0 Å². The molecular formula is C15H24N2O2. The minimum Gasteiger partial charge on any atom is -0.493 e. The van der Waals surface area contributed by atoms with Crippen LogP contribution in [0.5, 0.6) is 11.5 Å². The molecule has 1 aromatic carbocycles. The van der Waals surface area contributed by atoms with Crippen molar-refractivity contribution in [2.75, 3.05) is 13.7 Å². The van der Waals surface area contributed by atoms with Gasteiger partial charge in [0.25, 0.3) is 0 Å². The van der Waals surface area contributed by atoms with Crippen LogP contribution in [0.4, 0.5) is 0 Å². The molecule has 0 bridgehead atoms. The molecule has 3 N–H and O–H groups in total. The van der Waals surface area contributed by atoms with E-state index in [2.05, 4.69) is 0 Å². The summed E-state index contributed by atoms with van der Waals surface area (Å²) in [5.41, 5.74) is 5.33. The first kappa shape index (κ1) is 15.3. The van der Waals surface area contributed by atoms with Gasteiger partial charge in [-0.25, -0.2) is 0 Å². The molecule has 0 radical (unpaired) electrons. The van der Waals surface area contributed by atoms with E-state index in [-0.39, 0.29) is 11.3 Å². The van der Waals surface area contributed by atoms with Gasteiger partial charge in [0.2, 0.25) is 0 Å². The van der Waals surface area contributed by atoms with Crippen LogP contribution in [0, 0.1) is 10.8 Å². The Bertz CT molecular complexity index is 416. The molecule has 0 saturated heterocycles. The van der Waals surface area contributed by atoms with Gasteiger partial charge in [0.05, 0.1) is 19.6 Å². The zero-order valence-electron chi connectivity index (χ0n) is 12.0. The number of ether oxygens (including phenoxy) is 2. The molecule has 1 aromatic rings. The molecule has 0 aliphatic carbocycles. The topological polar surface area (TPSA) is 68.3 Å². The second kappa shape index (κ2) is 7.02. The summed E-state index contributed by atoms with van der Waals surface area (Å²) < 4.78 is 10.9. The predicted octanol–water partition coefficient (Wildman–Crippen LogP) is 3.21. The van der Waals surface area contributed by atoms with Gasteiger partial charge in [0.1, 0.15) is 0 Å². The van der Waals surface area contributed by atoms with Crippen LogP contribution < -0.4 is 15.2 Å². The van der Waals surface area contributed by atoms with Crippen LogP contribution in [0.3, 0.4) is 0 Å². The Morgan fingerprint density at radius 1 is 1.21 bits per heavy atom. The Morgan fingerprint density at radius 2 is 1.84 bits per heavy atom. The standard InChI is InChI=1S/C15H24N2O2/c1-15(2,14(16)17)10-6-7-11-19-13-9-5-4-8-12(13)18-3/h4-5,8-9H,6-7,10-11H2,1-3H3,(H3,16,17). The number of nitrogens with one attached hydrogen (secondary N) is 1. The molecule has 1 rings (SSSR count). The van der Waals surface area contributed by atoms with Gasteiger partial charge in [0, 0.05) is 5.41 Å². The van der Waals surface area contributed by atoms with Crippen molar-refractivity contribution in [1.82, 2.24) is 0 Å². The lowest BCUT2D eigenvalue weighted by molar-refractivity contribution is 0.279. The number of benzene rings is 1. The Kier molecular flexibility index (Phi) is 5.67. The van der Waals surface area contributed by atoms with Crippen LogP contribution in [-0.4, -0.2) is 19.6 Å². The fraction of sp³-hybridized carbons (Fsp3) is 0.533. The zero-order chi connectivity index (χ0) is 14.3. The summed E-state index contributed by atoms with van der Waals surface area (Å²) in [5, 5.41) is 7.50. The van der Waals surface area contributed by atoms with E-state index in [1.807, 2.05) is 38.1 Å². The largest absolute Gasteiger partial charge is 0.493 e. The normalized spacial score (nSPS) is 11.1. The molecule has 0 heterocycles. The fourth-order valence-electron chi connectivity index (χ4n) is 1.72. The summed E-state index contributed by atoms with van der Waals surface area (Å²) in [6.45, 7) is 4.64. The number of amidine groups is 1. The zero-order valence-corrected chi connectivity index (χ0v) is 12.0. The van der Waals surface area contributed by atoms with E-state index in [9.17, 15) is 0 Å².